The van der Waals surface area contributed by atoms with Crippen LogP contribution in [0.3, 0.4) is 0 Å². The lowest BCUT2D eigenvalue weighted by molar-refractivity contribution is -0.463. The highest BCUT2D eigenvalue weighted by Crippen LogP contribution is 2.26. The van der Waals surface area contributed by atoms with Gasteiger partial charge < -0.3 is 10.2 Å². The molecule has 1 rings (SSSR count). The monoisotopic (exact) mass is 344 g/mol. The van der Waals surface area contributed by atoms with Gasteiger partial charge in [-0.25, -0.2) is 0 Å². The quantitative estimate of drug-likeness (QED) is 0.245. The Morgan fingerprint density at radius 2 is 2.27 bits per heavy atom. The highest BCUT2D eigenvalue weighted by atomic mass is 32.2. The molecule has 0 amide bonds. The van der Waals surface area contributed by atoms with Gasteiger partial charge in [0.25, 0.3) is 6.54 Å². The third-order valence-corrected chi connectivity index (χ3v) is 5.31. The Morgan fingerprint density at radius 1 is 1.55 bits per heavy atom. The molecule has 1 N–H and O–H groups in total. The third-order valence-electron chi connectivity index (χ3n) is 2.90. The number of thiophene rings is 1. The number of amidine groups is 1. The molecule has 6 nitrogen and oxygen atoms in total. The molecular formula is C14H24N4O2S2. The molecule has 0 aliphatic heterocycles. The molecule has 1 aromatic rings. The molecule has 0 unspecified atom stereocenters. The number of hydrogen-bond acceptors (Lipinski definition) is 6. The van der Waals surface area contributed by atoms with Crippen molar-refractivity contribution in [1.82, 2.24) is 10.2 Å². The van der Waals surface area contributed by atoms with Crippen LogP contribution in [0.2, 0.25) is 0 Å². The molecule has 0 bridgehead atoms. The van der Waals surface area contributed by atoms with Crippen LogP contribution < -0.4 is 5.32 Å². The van der Waals surface area contributed by atoms with E-state index in [1.807, 2.05) is 23.1 Å². The molecule has 22 heavy (non-hydrogen) atoms. The Hall–Kier alpha value is -1.12. The first-order valence-electron chi connectivity index (χ1n) is 7.04. The van der Waals surface area contributed by atoms with Crippen LogP contribution in [0.5, 0.6) is 0 Å². The lowest BCUT2D eigenvalue weighted by Crippen LogP contribution is -2.31. The molecule has 0 saturated carbocycles. The van der Waals surface area contributed by atoms with Crippen LogP contribution >= 0.6 is 23.1 Å². The van der Waals surface area contributed by atoms with E-state index in [1.165, 1.54) is 15.3 Å². The Labute approximate surface area is 140 Å². The summed E-state index contributed by atoms with van der Waals surface area (Å²) in [6.45, 7) is 3.60. The number of nitrogens with zero attached hydrogens (tertiary/aromatic N) is 3. The van der Waals surface area contributed by atoms with Crippen LogP contribution in [-0.4, -0.2) is 55.6 Å². The zero-order valence-corrected chi connectivity index (χ0v) is 15.2. The van der Waals surface area contributed by atoms with Gasteiger partial charge in [-0.2, -0.15) is 11.8 Å². The van der Waals surface area contributed by atoms with Gasteiger partial charge in [-0.1, -0.05) is 0 Å². The molecule has 1 aromatic heterocycles. The highest BCUT2D eigenvalue weighted by Gasteiger charge is 2.07. The van der Waals surface area contributed by atoms with Crippen molar-refractivity contribution in [2.24, 2.45) is 4.99 Å². The van der Waals surface area contributed by atoms with Gasteiger partial charge in [0.2, 0.25) is 0 Å². The van der Waals surface area contributed by atoms with E-state index in [9.17, 15) is 10.1 Å². The van der Waals surface area contributed by atoms with Gasteiger partial charge in [0.05, 0.1) is 0 Å². The van der Waals surface area contributed by atoms with Crippen LogP contribution in [0, 0.1) is 17.0 Å². The van der Waals surface area contributed by atoms with Crippen LogP contribution in [0.15, 0.2) is 11.1 Å². The van der Waals surface area contributed by atoms with E-state index in [0.717, 1.165) is 18.1 Å². The summed E-state index contributed by atoms with van der Waals surface area (Å²) in [6, 6.07) is 2.26. The predicted octanol–water partition coefficient (Wildman–Crippen LogP) is 2.25. The molecule has 0 atom stereocenters. The van der Waals surface area contributed by atoms with E-state index in [1.54, 1.807) is 7.05 Å². The fourth-order valence-corrected chi connectivity index (χ4v) is 4.13. The largest absolute Gasteiger partial charge is 0.368 e. The van der Waals surface area contributed by atoms with Crippen LogP contribution in [0.4, 0.5) is 0 Å². The normalized spacial score (nSPS) is 12.0. The van der Waals surface area contributed by atoms with E-state index in [2.05, 4.69) is 42.3 Å². The molecule has 124 valence electrons. The smallest absolute Gasteiger partial charge is 0.259 e. The molecule has 0 aromatic carbocycles. The molecule has 1 heterocycles. The minimum atomic E-state index is -0.372. The zero-order chi connectivity index (χ0) is 16.5. The molecule has 0 radical (unpaired) electrons. The maximum Gasteiger partial charge on any atom is 0.259 e. The van der Waals surface area contributed by atoms with Crippen molar-refractivity contribution >= 4 is 28.9 Å². The molecule has 0 saturated heterocycles. The summed E-state index contributed by atoms with van der Waals surface area (Å²) in [5.74, 6) is 2.32. The molecule has 0 spiro atoms. The van der Waals surface area contributed by atoms with E-state index in [0.29, 0.717) is 12.4 Å². The van der Waals surface area contributed by atoms with Gasteiger partial charge >= 0.3 is 0 Å². The fourth-order valence-electron chi connectivity index (χ4n) is 1.87. The van der Waals surface area contributed by atoms with E-state index >= 15 is 0 Å². The predicted molar refractivity (Wildman–Crippen MR) is 95.8 cm³/mol. The number of nitrogens with one attached hydrogen (secondary N) is 1. The summed E-state index contributed by atoms with van der Waals surface area (Å²) >= 11 is 3.70. The van der Waals surface area contributed by atoms with E-state index in [4.69, 9.17) is 0 Å². The van der Waals surface area contributed by atoms with Gasteiger partial charge in [-0.3, -0.25) is 15.1 Å². The van der Waals surface area contributed by atoms with E-state index in [-0.39, 0.29) is 11.5 Å². The summed E-state index contributed by atoms with van der Waals surface area (Å²) in [5.41, 5.74) is 1.36. The maximum atomic E-state index is 10.4. The second kappa shape index (κ2) is 9.81. The second-order valence-corrected chi connectivity index (χ2v) is 7.52. The summed E-state index contributed by atoms with van der Waals surface area (Å²) in [7, 11) is 5.73. The number of hydrogen-bond donors (Lipinski definition) is 1. The first-order chi connectivity index (χ1) is 10.4. The Bertz CT molecular complexity index is 515. The molecule has 0 fully saturated rings. The first kappa shape index (κ1) is 18.9. The third kappa shape index (κ3) is 7.24. The Balaban J connectivity index is 2.29. The molecule has 8 heteroatoms. The van der Waals surface area contributed by atoms with Crippen molar-refractivity contribution in [3.63, 3.8) is 0 Å². The van der Waals surface area contributed by atoms with Crippen LogP contribution in [-0.2, 0) is 12.3 Å². The van der Waals surface area contributed by atoms with E-state index < -0.39 is 0 Å². The Morgan fingerprint density at radius 3 is 2.86 bits per heavy atom. The lowest BCUT2D eigenvalue weighted by atomic mass is 10.2. The van der Waals surface area contributed by atoms with Gasteiger partial charge in [0, 0.05) is 46.3 Å². The van der Waals surface area contributed by atoms with Crippen LogP contribution in [0.25, 0.3) is 0 Å². The highest BCUT2D eigenvalue weighted by molar-refractivity contribution is 7.98. The minimum absolute atomic E-state index is 0.237. The lowest BCUT2D eigenvalue weighted by Gasteiger charge is -2.07. The number of aliphatic imine (C=N–C) groups is 1. The van der Waals surface area contributed by atoms with Gasteiger partial charge in [0.15, 0.2) is 5.84 Å². The van der Waals surface area contributed by atoms with Gasteiger partial charge in [-0.05, 0) is 32.6 Å². The van der Waals surface area contributed by atoms with Crippen molar-refractivity contribution < 1.29 is 4.92 Å². The SMILES string of the molecule is CN=C(C[N+](=O)[O-])NCCSCc1cc(C)c(CN(C)C)s1. The summed E-state index contributed by atoms with van der Waals surface area (Å²) in [5, 5.41) is 13.4. The molecule has 0 aliphatic rings. The maximum absolute atomic E-state index is 10.4. The first-order valence-corrected chi connectivity index (χ1v) is 9.01. The fraction of sp³-hybridized carbons (Fsp3) is 0.643. The molecule has 0 aliphatic carbocycles. The summed E-state index contributed by atoms with van der Waals surface area (Å²) in [6.07, 6.45) is 0. The number of aryl methyl sites for hydroxylation is 1. The Kier molecular flexibility index (Phi) is 8.44. The van der Waals surface area contributed by atoms with Crippen molar-refractivity contribution in [3.05, 3.63) is 31.5 Å². The van der Waals surface area contributed by atoms with Crippen molar-refractivity contribution in [2.75, 3.05) is 40.0 Å². The number of rotatable bonds is 9. The number of nitro groups is 1. The zero-order valence-electron chi connectivity index (χ0n) is 13.6. The average Bonchev–Trinajstić information content (AvgIpc) is 2.76. The minimum Gasteiger partial charge on any atom is -0.368 e. The van der Waals surface area contributed by atoms with Crippen molar-refractivity contribution in [3.8, 4) is 0 Å². The van der Waals surface area contributed by atoms with Gasteiger partial charge in [0.1, 0.15) is 0 Å². The van der Waals surface area contributed by atoms with Gasteiger partial charge in [-0.15, -0.1) is 11.3 Å². The van der Waals surface area contributed by atoms with Crippen molar-refractivity contribution in [1.29, 1.82) is 0 Å². The second-order valence-electron chi connectivity index (χ2n) is 5.20. The molecular weight excluding hydrogens is 320 g/mol. The van der Waals surface area contributed by atoms with Crippen molar-refractivity contribution in [2.45, 2.75) is 19.2 Å². The summed E-state index contributed by atoms with van der Waals surface area (Å²) < 4.78 is 0. The number of thioether (sulfide) groups is 1. The standard InChI is InChI=1S/C14H24N4O2S2/c1-11-7-12(22-13(11)8-17(3)4)10-21-6-5-16-14(15-2)9-18(19)20/h7H,5-6,8-10H2,1-4H3,(H,15,16). The van der Waals surface area contributed by atoms with Crippen LogP contribution in [0.1, 0.15) is 15.3 Å². The topological polar surface area (TPSA) is 70.8 Å². The summed E-state index contributed by atoms with van der Waals surface area (Å²) in [4.78, 5) is 18.9. The average molecular weight is 345 g/mol.